The number of carbonyl (C=O) groups excluding carboxylic acids is 1. The predicted octanol–water partition coefficient (Wildman–Crippen LogP) is 3.88. The molecule has 4 fully saturated rings. The lowest BCUT2D eigenvalue weighted by Gasteiger charge is -2.35. The molecule has 0 aromatic carbocycles. The van der Waals surface area contributed by atoms with Gasteiger partial charge in [-0.1, -0.05) is 0 Å². The van der Waals surface area contributed by atoms with E-state index in [1.807, 2.05) is 0 Å². The molecule has 4 saturated carbocycles. The Morgan fingerprint density at radius 1 is 0.617 bits per heavy atom. The Hall–Kier alpha value is -1.91. The summed E-state index contributed by atoms with van der Waals surface area (Å²) in [5, 5.41) is 39.8. The summed E-state index contributed by atoms with van der Waals surface area (Å²) in [6.45, 7) is 1.96. The number of carbonyl (C=O) groups is 3. The highest BCUT2D eigenvalue weighted by molar-refractivity contribution is 5.85. The van der Waals surface area contributed by atoms with Crippen molar-refractivity contribution in [2.45, 2.75) is 121 Å². The summed E-state index contributed by atoms with van der Waals surface area (Å²) in [7, 11) is 0. The van der Waals surface area contributed by atoms with Crippen LogP contribution in [0.2, 0.25) is 0 Å². The van der Waals surface area contributed by atoms with Gasteiger partial charge in [0.05, 0.1) is 49.8 Å². The standard InChI is InChI=1S/C33H56N2O12/c36-31(30-16-21(18-46-41)2-13-29(30)33(39)40)34-25-5-9-27(10-6-25)43-14-1-15-44-28-11-7-26(8-12-28)35-45-19-24-17-22(32(37)38)3-4-23(24)20-47-42/h21-30,35,41-42H,1-20H2,(H,34,36)(H,37,38)(H,39,40). The molecular weight excluding hydrogens is 616 g/mol. The van der Waals surface area contributed by atoms with E-state index < -0.39 is 23.8 Å². The van der Waals surface area contributed by atoms with Gasteiger partial charge in [-0.2, -0.15) is 5.48 Å². The minimum Gasteiger partial charge on any atom is -0.481 e. The molecule has 1 amide bonds. The third kappa shape index (κ3) is 12.2. The van der Waals surface area contributed by atoms with Gasteiger partial charge in [-0.3, -0.25) is 24.9 Å². The maximum absolute atomic E-state index is 13.0. The second-order valence-corrected chi connectivity index (χ2v) is 14.2. The van der Waals surface area contributed by atoms with Crippen LogP contribution in [-0.2, 0) is 38.5 Å². The first-order valence-corrected chi connectivity index (χ1v) is 17.7. The average molecular weight is 673 g/mol. The van der Waals surface area contributed by atoms with Crippen molar-refractivity contribution in [3.05, 3.63) is 0 Å². The van der Waals surface area contributed by atoms with E-state index in [9.17, 15) is 24.6 Å². The maximum Gasteiger partial charge on any atom is 0.307 e. The van der Waals surface area contributed by atoms with E-state index in [1.54, 1.807) is 0 Å². The van der Waals surface area contributed by atoms with Crippen LogP contribution in [-0.4, -0.2) is 95.9 Å². The number of amides is 1. The SMILES string of the molecule is O=C(O)C1CCC(COO)C(CONC2CCC(OCCCOC3CCC(NC(=O)C4CC(COO)CCC4C(=O)O)CC3)CC2)C1. The zero-order valence-corrected chi connectivity index (χ0v) is 27.5. The number of carboxylic acids is 2. The lowest BCUT2D eigenvalue weighted by molar-refractivity contribution is -0.257. The van der Waals surface area contributed by atoms with Crippen LogP contribution in [0.4, 0.5) is 0 Å². The number of nitrogens with one attached hydrogen (secondary N) is 2. The van der Waals surface area contributed by atoms with Gasteiger partial charge in [-0.15, -0.1) is 0 Å². The molecule has 14 heteroatoms. The van der Waals surface area contributed by atoms with Gasteiger partial charge in [0.25, 0.3) is 0 Å². The largest absolute Gasteiger partial charge is 0.481 e. The Labute approximate surface area is 277 Å². The van der Waals surface area contributed by atoms with Crippen LogP contribution < -0.4 is 10.8 Å². The van der Waals surface area contributed by atoms with E-state index in [4.69, 9.17) is 24.8 Å². The van der Waals surface area contributed by atoms with Crippen molar-refractivity contribution in [1.82, 2.24) is 10.8 Å². The van der Waals surface area contributed by atoms with Crippen LogP contribution in [0.25, 0.3) is 0 Å². The van der Waals surface area contributed by atoms with E-state index in [0.717, 1.165) is 57.8 Å². The van der Waals surface area contributed by atoms with Crippen molar-refractivity contribution in [2.24, 2.45) is 35.5 Å². The van der Waals surface area contributed by atoms with Gasteiger partial charge in [0.1, 0.15) is 0 Å². The number of carboxylic acid groups (broad SMARTS) is 2. The molecule has 0 aliphatic heterocycles. The van der Waals surface area contributed by atoms with Crippen molar-refractivity contribution in [2.75, 3.05) is 33.0 Å². The van der Waals surface area contributed by atoms with Crippen molar-refractivity contribution in [3.8, 4) is 0 Å². The fraction of sp³-hybridized carbons (Fsp3) is 0.909. The summed E-state index contributed by atoms with van der Waals surface area (Å²) in [6.07, 6.45) is 11.4. The Kier molecular flexibility index (Phi) is 16.1. The summed E-state index contributed by atoms with van der Waals surface area (Å²) in [5.41, 5.74) is 3.17. The Bertz CT molecular complexity index is 956. The molecular formula is C33H56N2O12. The van der Waals surface area contributed by atoms with Gasteiger partial charge < -0.3 is 29.8 Å². The number of hydrogen-bond acceptors (Lipinski definition) is 11. The monoisotopic (exact) mass is 672 g/mol. The average Bonchev–Trinajstić information content (AvgIpc) is 3.06. The fourth-order valence-electron chi connectivity index (χ4n) is 8.03. The van der Waals surface area contributed by atoms with E-state index in [1.165, 1.54) is 0 Å². The van der Waals surface area contributed by atoms with E-state index >= 15 is 0 Å². The van der Waals surface area contributed by atoms with Crippen molar-refractivity contribution in [1.29, 1.82) is 0 Å². The molecule has 4 aliphatic rings. The van der Waals surface area contributed by atoms with Crippen LogP contribution in [0, 0.1) is 35.5 Å². The fourth-order valence-corrected chi connectivity index (χ4v) is 8.03. The van der Waals surface area contributed by atoms with Crippen LogP contribution in [0.5, 0.6) is 0 Å². The number of rotatable bonds is 18. The summed E-state index contributed by atoms with van der Waals surface area (Å²) in [4.78, 5) is 50.6. The summed E-state index contributed by atoms with van der Waals surface area (Å²) < 4.78 is 12.2. The molecule has 4 aliphatic carbocycles. The zero-order valence-electron chi connectivity index (χ0n) is 27.5. The van der Waals surface area contributed by atoms with Crippen molar-refractivity contribution >= 4 is 17.8 Å². The first-order chi connectivity index (χ1) is 22.8. The molecule has 0 aromatic rings. The van der Waals surface area contributed by atoms with Crippen molar-refractivity contribution < 1.29 is 59.2 Å². The quantitative estimate of drug-likeness (QED) is 0.0696. The Balaban J connectivity index is 1.02. The minimum absolute atomic E-state index is 0.0129. The number of aliphatic carboxylic acids is 2. The van der Waals surface area contributed by atoms with Gasteiger partial charge in [0.2, 0.25) is 5.91 Å². The van der Waals surface area contributed by atoms with Gasteiger partial charge >= 0.3 is 11.9 Å². The second-order valence-electron chi connectivity index (χ2n) is 14.2. The lowest BCUT2D eigenvalue weighted by atomic mass is 9.73. The number of ether oxygens (including phenoxy) is 2. The summed E-state index contributed by atoms with van der Waals surface area (Å²) >= 11 is 0. The molecule has 6 atom stereocenters. The second kappa shape index (κ2) is 19.9. The van der Waals surface area contributed by atoms with Crippen LogP contribution in [0.3, 0.4) is 0 Å². The molecule has 0 heterocycles. The first-order valence-electron chi connectivity index (χ1n) is 17.7. The molecule has 270 valence electrons. The van der Waals surface area contributed by atoms with Crippen molar-refractivity contribution in [3.63, 3.8) is 0 Å². The van der Waals surface area contributed by atoms with Gasteiger partial charge in [0, 0.05) is 25.3 Å². The van der Waals surface area contributed by atoms with E-state index in [0.29, 0.717) is 58.3 Å². The van der Waals surface area contributed by atoms with E-state index in [-0.39, 0.29) is 67.1 Å². The molecule has 6 unspecified atom stereocenters. The molecule has 14 nitrogen and oxygen atoms in total. The van der Waals surface area contributed by atoms with Crippen LogP contribution in [0.15, 0.2) is 0 Å². The smallest absolute Gasteiger partial charge is 0.307 e. The molecule has 0 saturated heterocycles. The highest BCUT2D eigenvalue weighted by atomic mass is 17.1. The summed E-state index contributed by atoms with van der Waals surface area (Å²) in [6, 6.07) is 0.238. The Morgan fingerprint density at radius 3 is 1.85 bits per heavy atom. The molecule has 47 heavy (non-hydrogen) atoms. The maximum atomic E-state index is 13.0. The molecule has 0 spiro atoms. The topological polar surface area (TPSA) is 202 Å². The normalized spacial score (nSPS) is 34.9. The third-order valence-corrected chi connectivity index (χ3v) is 10.9. The number of hydroxylamine groups is 1. The zero-order chi connectivity index (χ0) is 33.6. The molecule has 0 radical (unpaired) electrons. The van der Waals surface area contributed by atoms with Crippen LogP contribution >= 0.6 is 0 Å². The molecule has 0 aromatic heterocycles. The number of hydrogen-bond donors (Lipinski definition) is 6. The molecule has 4 rings (SSSR count). The van der Waals surface area contributed by atoms with Gasteiger partial charge in [0.15, 0.2) is 0 Å². The predicted molar refractivity (Wildman–Crippen MR) is 167 cm³/mol. The first kappa shape index (κ1) is 37.9. The van der Waals surface area contributed by atoms with Gasteiger partial charge in [-0.25, -0.2) is 9.78 Å². The minimum atomic E-state index is -0.945. The van der Waals surface area contributed by atoms with Crippen LogP contribution in [0.1, 0.15) is 96.3 Å². The molecule has 0 bridgehead atoms. The lowest BCUT2D eigenvalue weighted by Crippen LogP contribution is -2.47. The van der Waals surface area contributed by atoms with E-state index in [2.05, 4.69) is 20.6 Å². The summed E-state index contributed by atoms with van der Waals surface area (Å²) in [5.74, 6) is -3.55. The highest BCUT2D eigenvalue weighted by Crippen LogP contribution is 2.36. The highest BCUT2D eigenvalue weighted by Gasteiger charge is 2.40. The van der Waals surface area contributed by atoms with Gasteiger partial charge in [-0.05, 0) is 114 Å². The third-order valence-electron chi connectivity index (χ3n) is 10.9. The Morgan fingerprint density at radius 2 is 1.26 bits per heavy atom. The molecule has 6 N–H and O–H groups in total.